The molecule has 7 heteroatoms. The summed E-state index contributed by atoms with van der Waals surface area (Å²) in [5.74, 6) is 0. The molecule has 0 aliphatic carbocycles. The van der Waals surface area contributed by atoms with E-state index < -0.39 is 10.0 Å². The van der Waals surface area contributed by atoms with Crippen LogP contribution in [0.15, 0.2) is 47.6 Å². The molecule has 6 nitrogen and oxygen atoms in total. The molecule has 0 bridgehead atoms. The maximum atomic E-state index is 11.3. The highest BCUT2D eigenvalue weighted by atomic mass is 32.2. The number of aromatic amines is 1. The fraction of sp³-hybridized carbons (Fsp3) is 0.308. The number of nitrogens with zero attached hydrogens (tertiary/aromatic N) is 1. The molecule has 3 N–H and O–H groups in total. The van der Waals surface area contributed by atoms with Crippen LogP contribution in [0, 0.1) is 0 Å². The van der Waals surface area contributed by atoms with Crippen molar-refractivity contribution >= 4 is 15.7 Å². The number of hydrogen-bond acceptors (Lipinski definition) is 4. The van der Waals surface area contributed by atoms with E-state index in [0.29, 0.717) is 0 Å². The molecule has 0 atom stereocenters. The Labute approximate surface area is 120 Å². The van der Waals surface area contributed by atoms with Gasteiger partial charge in [0.05, 0.1) is 4.90 Å². The Morgan fingerprint density at radius 3 is 2.00 bits per heavy atom. The van der Waals surface area contributed by atoms with Crippen LogP contribution >= 0.6 is 0 Å². The van der Waals surface area contributed by atoms with Crippen LogP contribution in [0.2, 0.25) is 0 Å². The maximum Gasteiger partial charge on any atom is 0.240 e. The molecule has 2 rings (SSSR count). The molecule has 0 fully saturated rings. The quantitative estimate of drug-likeness (QED) is 0.809. The lowest BCUT2D eigenvalue weighted by Crippen LogP contribution is -2.18. The predicted octanol–water partition coefficient (Wildman–Crippen LogP) is 2.07. The molecule has 0 saturated heterocycles. The van der Waals surface area contributed by atoms with Gasteiger partial charge in [-0.15, -0.1) is 0 Å². The average Bonchev–Trinajstić information content (AvgIpc) is 3.09. The van der Waals surface area contributed by atoms with Crippen LogP contribution in [0.25, 0.3) is 0 Å². The van der Waals surface area contributed by atoms with Gasteiger partial charge in [-0.1, -0.05) is 13.8 Å². The lowest BCUT2D eigenvalue weighted by Gasteiger charge is -2.03. The van der Waals surface area contributed by atoms with Gasteiger partial charge in [-0.3, -0.25) is 5.10 Å². The number of benzene rings is 1. The van der Waals surface area contributed by atoms with Gasteiger partial charge in [-0.2, -0.15) is 5.10 Å². The minimum Gasteiger partial charge on any atom is -0.388 e. The summed E-state index contributed by atoms with van der Waals surface area (Å²) in [6, 6.07) is 8.36. The van der Waals surface area contributed by atoms with Crippen LogP contribution in [-0.2, 0) is 10.0 Å². The van der Waals surface area contributed by atoms with Gasteiger partial charge in [0.1, 0.15) is 0 Å². The number of rotatable bonds is 3. The molecule has 20 heavy (non-hydrogen) atoms. The zero-order valence-corrected chi connectivity index (χ0v) is 13.0. The molecular formula is C13H22N4O2S. The highest BCUT2D eigenvalue weighted by molar-refractivity contribution is 7.89. The summed E-state index contributed by atoms with van der Waals surface area (Å²) in [5, 5.41) is 9.12. The van der Waals surface area contributed by atoms with E-state index in [-0.39, 0.29) is 4.90 Å². The standard InChI is InChI=1S/C8H12N2O2S.C3H4N2.C2H6/c1-9-7-3-5-8(6-4-7)13(11,12)10-2;1-2-4-5-3-1;1-2/h3-6,9-10H,1-2H3;1-3H,(H,4,5);1-2H3. The summed E-state index contributed by atoms with van der Waals surface area (Å²) in [6.07, 6.45) is 3.46. The van der Waals surface area contributed by atoms with Crippen LogP contribution in [-0.4, -0.2) is 32.7 Å². The van der Waals surface area contributed by atoms with Gasteiger partial charge in [0.25, 0.3) is 0 Å². The van der Waals surface area contributed by atoms with Gasteiger partial charge in [-0.25, -0.2) is 13.1 Å². The fourth-order valence-corrected chi connectivity index (χ4v) is 1.86. The van der Waals surface area contributed by atoms with Crippen molar-refractivity contribution in [3.05, 3.63) is 42.7 Å². The Morgan fingerprint density at radius 1 is 1.10 bits per heavy atom. The van der Waals surface area contributed by atoms with Crippen molar-refractivity contribution in [2.75, 3.05) is 19.4 Å². The molecule has 1 aromatic heterocycles. The van der Waals surface area contributed by atoms with Crippen molar-refractivity contribution in [2.24, 2.45) is 0 Å². The Hall–Kier alpha value is -1.86. The molecular weight excluding hydrogens is 276 g/mol. The molecule has 0 spiro atoms. The smallest absolute Gasteiger partial charge is 0.240 e. The number of nitrogens with one attached hydrogen (secondary N) is 3. The summed E-state index contributed by atoms with van der Waals surface area (Å²) in [7, 11) is -0.131. The highest BCUT2D eigenvalue weighted by Gasteiger charge is 2.09. The minimum absolute atomic E-state index is 0.272. The van der Waals surface area contributed by atoms with Gasteiger partial charge in [0.2, 0.25) is 10.0 Å². The molecule has 0 radical (unpaired) electrons. The predicted molar refractivity (Wildman–Crippen MR) is 82.2 cm³/mol. The van der Waals surface area contributed by atoms with Gasteiger partial charge < -0.3 is 5.32 Å². The van der Waals surface area contributed by atoms with Gasteiger partial charge in [0, 0.05) is 25.1 Å². The first-order valence-electron chi connectivity index (χ1n) is 6.25. The van der Waals surface area contributed by atoms with Gasteiger partial charge in [-0.05, 0) is 37.4 Å². The SMILES string of the molecule is CC.CNc1ccc(S(=O)(=O)NC)cc1.c1cn[nH]c1. The van der Waals surface area contributed by atoms with E-state index in [1.54, 1.807) is 43.7 Å². The van der Waals surface area contributed by atoms with Crippen molar-refractivity contribution in [1.82, 2.24) is 14.9 Å². The third-order valence-electron chi connectivity index (χ3n) is 2.13. The lowest BCUT2D eigenvalue weighted by molar-refractivity contribution is 0.588. The van der Waals surface area contributed by atoms with Gasteiger partial charge >= 0.3 is 0 Å². The monoisotopic (exact) mass is 298 g/mol. The second-order valence-electron chi connectivity index (χ2n) is 3.25. The van der Waals surface area contributed by atoms with E-state index in [0.717, 1.165) is 5.69 Å². The number of anilines is 1. The molecule has 0 saturated carbocycles. The summed E-state index contributed by atoms with van der Waals surface area (Å²) in [4.78, 5) is 0.272. The second-order valence-corrected chi connectivity index (χ2v) is 5.13. The normalized spacial score (nSPS) is 9.60. The number of aromatic nitrogens is 2. The molecule has 0 aliphatic heterocycles. The summed E-state index contributed by atoms with van der Waals surface area (Å²) >= 11 is 0. The van der Waals surface area contributed by atoms with Crippen LogP contribution in [0.1, 0.15) is 13.8 Å². The number of H-pyrrole nitrogens is 1. The zero-order valence-electron chi connectivity index (χ0n) is 12.2. The zero-order chi connectivity index (χ0) is 15.4. The molecule has 0 amide bonds. The first kappa shape index (κ1) is 18.1. The summed E-state index contributed by atoms with van der Waals surface area (Å²) in [6.45, 7) is 4.00. The van der Waals surface area contributed by atoms with Crippen LogP contribution < -0.4 is 10.0 Å². The minimum atomic E-state index is -3.30. The molecule has 112 valence electrons. The Bertz CT molecular complexity index is 519. The lowest BCUT2D eigenvalue weighted by atomic mass is 10.3. The van der Waals surface area contributed by atoms with Gasteiger partial charge in [0.15, 0.2) is 0 Å². The first-order valence-corrected chi connectivity index (χ1v) is 7.73. The van der Waals surface area contributed by atoms with Crippen LogP contribution in [0.4, 0.5) is 5.69 Å². The van der Waals surface area contributed by atoms with Crippen molar-refractivity contribution < 1.29 is 8.42 Å². The van der Waals surface area contributed by atoms with E-state index in [9.17, 15) is 8.42 Å². The summed E-state index contributed by atoms with van der Waals surface area (Å²) in [5.41, 5.74) is 0.884. The first-order chi connectivity index (χ1) is 9.60. The number of hydrogen-bond donors (Lipinski definition) is 3. The van der Waals surface area contributed by atoms with Crippen molar-refractivity contribution in [2.45, 2.75) is 18.7 Å². The average molecular weight is 298 g/mol. The molecule has 1 heterocycles. The van der Waals surface area contributed by atoms with Crippen molar-refractivity contribution in [3.63, 3.8) is 0 Å². The Balaban J connectivity index is 0.000000427. The highest BCUT2D eigenvalue weighted by Crippen LogP contribution is 2.12. The molecule has 2 aromatic rings. The Kier molecular flexibility index (Phi) is 9.06. The van der Waals surface area contributed by atoms with E-state index in [1.807, 2.05) is 19.9 Å². The fourth-order valence-electron chi connectivity index (χ4n) is 1.13. The van der Waals surface area contributed by atoms with E-state index in [2.05, 4.69) is 20.2 Å². The van der Waals surface area contributed by atoms with E-state index >= 15 is 0 Å². The Morgan fingerprint density at radius 2 is 1.70 bits per heavy atom. The van der Waals surface area contributed by atoms with E-state index in [4.69, 9.17) is 0 Å². The van der Waals surface area contributed by atoms with Crippen molar-refractivity contribution in [1.29, 1.82) is 0 Å². The topological polar surface area (TPSA) is 86.9 Å². The van der Waals surface area contributed by atoms with E-state index in [1.165, 1.54) is 7.05 Å². The molecule has 0 aliphatic rings. The third-order valence-corrected chi connectivity index (χ3v) is 3.56. The largest absolute Gasteiger partial charge is 0.388 e. The third kappa shape index (κ3) is 6.35. The van der Waals surface area contributed by atoms with Crippen LogP contribution in [0.3, 0.4) is 0 Å². The second kappa shape index (κ2) is 9.99. The maximum absolute atomic E-state index is 11.3. The summed E-state index contributed by atoms with van der Waals surface area (Å²) < 4.78 is 24.8. The number of sulfonamides is 1. The van der Waals surface area contributed by atoms with Crippen LogP contribution in [0.5, 0.6) is 0 Å². The van der Waals surface area contributed by atoms with Crippen molar-refractivity contribution in [3.8, 4) is 0 Å². The molecule has 0 unspecified atom stereocenters. The molecule has 1 aromatic carbocycles.